The fourth-order valence-corrected chi connectivity index (χ4v) is 5.59. The summed E-state index contributed by atoms with van der Waals surface area (Å²) in [6, 6.07) is 9.23. The number of rotatable bonds is 13. The normalized spacial score (nSPS) is 22.7. The molecule has 1 radical (unpaired) electrons. The van der Waals surface area contributed by atoms with E-state index in [-0.39, 0.29) is 6.10 Å². The lowest BCUT2D eigenvalue weighted by Gasteiger charge is -2.29. The predicted octanol–water partition coefficient (Wildman–Crippen LogP) is 8.67. The first-order chi connectivity index (χ1) is 16.2. The Bertz CT molecular complexity index is 656. The van der Waals surface area contributed by atoms with Crippen molar-refractivity contribution in [3.05, 3.63) is 41.8 Å². The van der Waals surface area contributed by atoms with Crippen LogP contribution in [-0.2, 0) is 16.0 Å². The maximum Gasteiger partial charge on any atom is 0.340 e. The van der Waals surface area contributed by atoms with Crippen molar-refractivity contribution in [2.75, 3.05) is 0 Å². The highest BCUT2D eigenvalue weighted by molar-refractivity contribution is 5.74. The van der Waals surface area contributed by atoms with Gasteiger partial charge in [0.2, 0.25) is 0 Å². The van der Waals surface area contributed by atoms with Crippen LogP contribution in [0.1, 0.15) is 127 Å². The van der Waals surface area contributed by atoms with E-state index in [4.69, 9.17) is 4.74 Å². The van der Waals surface area contributed by atoms with Crippen LogP contribution in [0.15, 0.2) is 24.3 Å². The van der Waals surface area contributed by atoms with E-state index in [1.807, 2.05) is 0 Å². The molecular weight excluding hydrogens is 411 g/mol. The second kappa shape index (κ2) is 14.8. The minimum absolute atomic E-state index is 0.108. The number of benzene rings is 1. The summed E-state index contributed by atoms with van der Waals surface area (Å²) in [7, 11) is 0. The highest BCUT2D eigenvalue weighted by atomic mass is 19.1. The Hall–Kier alpha value is -1.38. The third-order valence-electron chi connectivity index (χ3n) is 7.87. The zero-order valence-electron chi connectivity index (χ0n) is 20.9. The molecule has 0 aromatic heterocycles. The molecule has 0 aliphatic heterocycles. The van der Waals surface area contributed by atoms with Gasteiger partial charge in [0, 0.05) is 0 Å². The van der Waals surface area contributed by atoms with Gasteiger partial charge in [-0.15, -0.1) is 0 Å². The van der Waals surface area contributed by atoms with Crippen molar-refractivity contribution in [1.29, 1.82) is 0 Å². The van der Waals surface area contributed by atoms with Crippen molar-refractivity contribution in [3.8, 4) is 0 Å². The van der Waals surface area contributed by atoms with Gasteiger partial charge in [0.1, 0.15) is 6.10 Å². The van der Waals surface area contributed by atoms with Crippen LogP contribution in [0, 0.1) is 12.3 Å². The average molecular weight is 458 g/mol. The maximum absolute atomic E-state index is 14.2. The number of hydrogen-bond acceptors (Lipinski definition) is 2. The molecule has 0 bridgehead atoms. The van der Waals surface area contributed by atoms with Crippen LogP contribution >= 0.6 is 0 Å². The highest BCUT2D eigenvalue weighted by Gasteiger charge is 2.27. The van der Waals surface area contributed by atoms with Gasteiger partial charge < -0.3 is 4.74 Å². The van der Waals surface area contributed by atoms with Gasteiger partial charge in [-0.05, 0) is 93.6 Å². The Morgan fingerprint density at radius 1 is 0.939 bits per heavy atom. The van der Waals surface area contributed by atoms with E-state index in [0.29, 0.717) is 12.3 Å². The molecule has 2 fully saturated rings. The van der Waals surface area contributed by atoms with Crippen LogP contribution in [0.25, 0.3) is 0 Å². The zero-order valence-corrected chi connectivity index (χ0v) is 20.9. The van der Waals surface area contributed by atoms with Crippen LogP contribution in [0.5, 0.6) is 0 Å². The van der Waals surface area contributed by atoms with Crippen molar-refractivity contribution in [2.45, 2.75) is 134 Å². The van der Waals surface area contributed by atoms with Crippen molar-refractivity contribution >= 4 is 5.97 Å². The van der Waals surface area contributed by atoms with Gasteiger partial charge in [-0.25, -0.2) is 9.18 Å². The summed E-state index contributed by atoms with van der Waals surface area (Å²) in [5.41, 5.74) is 2.86. The number of ether oxygens (including phenoxy) is 1. The highest BCUT2D eigenvalue weighted by Crippen LogP contribution is 2.35. The van der Waals surface area contributed by atoms with Gasteiger partial charge in [-0.1, -0.05) is 76.1 Å². The lowest BCUT2D eigenvalue weighted by atomic mass is 9.82. The van der Waals surface area contributed by atoms with Crippen LogP contribution < -0.4 is 0 Å². The number of halogens is 1. The molecule has 0 spiro atoms. The molecule has 0 N–H and O–H groups in total. The van der Waals surface area contributed by atoms with E-state index in [1.54, 1.807) is 0 Å². The second-order valence-electron chi connectivity index (χ2n) is 10.5. The molecule has 2 aliphatic carbocycles. The van der Waals surface area contributed by atoms with E-state index in [9.17, 15) is 9.18 Å². The SMILES string of the molecule is CCCCCCCC[C@H](F)C(=O)OC1CCC(c2ccc(CCC3CC[CH]CC3)cc2)CC1. The number of alkyl halides is 1. The van der Waals surface area contributed by atoms with Crippen LogP contribution in [0.2, 0.25) is 0 Å². The molecule has 0 heterocycles. The Kier molecular flexibility index (Phi) is 11.8. The number of esters is 1. The fraction of sp³-hybridized carbons (Fsp3) is 0.733. The molecule has 1 aromatic carbocycles. The topological polar surface area (TPSA) is 26.3 Å². The van der Waals surface area contributed by atoms with Crippen molar-refractivity contribution < 1.29 is 13.9 Å². The molecular formula is C30H46FO2. The maximum atomic E-state index is 14.2. The summed E-state index contributed by atoms with van der Waals surface area (Å²) >= 11 is 0. The smallest absolute Gasteiger partial charge is 0.340 e. The Labute approximate surface area is 202 Å². The summed E-state index contributed by atoms with van der Waals surface area (Å²) < 4.78 is 19.7. The molecule has 0 saturated heterocycles. The van der Waals surface area contributed by atoms with E-state index < -0.39 is 12.1 Å². The molecule has 2 nitrogen and oxygen atoms in total. The molecule has 1 aromatic rings. The summed E-state index contributed by atoms with van der Waals surface area (Å²) in [5.74, 6) is 0.807. The van der Waals surface area contributed by atoms with Gasteiger partial charge in [0.15, 0.2) is 6.17 Å². The number of carbonyl (C=O) groups excluding carboxylic acids is 1. The standard InChI is InChI=1S/C30H46FO2/c1-2-3-4-5-6-10-13-29(31)30(32)33-28-22-20-27(21-23-28)26-18-16-25(17-19-26)15-14-24-11-8-7-9-12-24/h7,16-19,24,27-29H,2-6,8-15,20-23H2,1H3/t27?,28?,29-/m0/s1. The van der Waals surface area contributed by atoms with Crippen molar-refractivity contribution in [2.24, 2.45) is 5.92 Å². The fourth-order valence-electron chi connectivity index (χ4n) is 5.59. The van der Waals surface area contributed by atoms with Gasteiger partial charge in [-0.2, -0.15) is 0 Å². The molecule has 3 heteroatoms. The lowest BCUT2D eigenvalue weighted by Crippen LogP contribution is -2.28. The Morgan fingerprint density at radius 2 is 1.61 bits per heavy atom. The number of unbranched alkanes of at least 4 members (excludes halogenated alkanes) is 5. The minimum atomic E-state index is -1.45. The van der Waals surface area contributed by atoms with Crippen LogP contribution in [-0.4, -0.2) is 18.2 Å². The predicted molar refractivity (Wildman–Crippen MR) is 135 cm³/mol. The van der Waals surface area contributed by atoms with Gasteiger partial charge in [0.05, 0.1) is 0 Å². The Morgan fingerprint density at radius 3 is 2.30 bits per heavy atom. The summed E-state index contributed by atoms with van der Waals surface area (Å²) in [5, 5.41) is 0. The molecule has 185 valence electrons. The van der Waals surface area contributed by atoms with E-state index in [2.05, 4.69) is 37.6 Å². The monoisotopic (exact) mass is 457 g/mol. The first kappa shape index (κ1) is 26.2. The van der Waals surface area contributed by atoms with Crippen LogP contribution in [0.4, 0.5) is 4.39 Å². The first-order valence-electron chi connectivity index (χ1n) is 13.9. The van der Waals surface area contributed by atoms with Gasteiger partial charge in [-0.3, -0.25) is 0 Å². The van der Waals surface area contributed by atoms with Crippen LogP contribution in [0.3, 0.4) is 0 Å². The number of aryl methyl sites for hydroxylation is 1. The molecule has 1 atom stereocenters. The second-order valence-corrected chi connectivity index (χ2v) is 10.5. The molecule has 3 rings (SSSR count). The summed E-state index contributed by atoms with van der Waals surface area (Å²) in [4.78, 5) is 12.1. The third kappa shape index (κ3) is 9.41. The first-order valence-corrected chi connectivity index (χ1v) is 13.9. The summed E-state index contributed by atoms with van der Waals surface area (Å²) in [6.45, 7) is 2.19. The third-order valence-corrected chi connectivity index (χ3v) is 7.87. The zero-order chi connectivity index (χ0) is 23.3. The van der Waals surface area contributed by atoms with Crippen molar-refractivity contribution in [3.63, 3.8) is 0 Å². The van der Waals surface area contributed by atoms with Crippen molar-refractivity contribution in [1.82, 2.24) is 0 Å². The quantitative estimate of drug-likeness (QED) is 0.219. The molecule has 0 unspecified atom stereocenters. The average Bonchev–Trinajstić information content (AvgIpc) is 2.86. The molecule has 2 saturated carbocycles. The van der Waals surface area contributed by atoms with E-state index >= 15 is 0 Å². The Balaban J connectivity index is 1.31. The van der Waals surface area contributed by atoms with E-state index in [0.717, 1.165) is 50.9 Å². The minimum Gasteiger partial charge on any atom is -0.460 e. The number of carbonyl (C=O) groups is 1. The van der Waals surface area contributed by atoms with E-state index in [1.165, 1.54) is 68.9 Å². The molecule has 0 amide bonds. The van der Waals surface area contributed by atoms with Gasteiger partial charge in [0.25, 0.3) is 0 Å². The molecule has 2 aliphatic rings. The largest absolute Gasteiger partial charge is 0.460 e. The lowest BCUT2D eigenvalue weighted by molar-refractivity contribution is -0.157. The summed E-state index contributed by atoms with van der Waals surface area (Å²) in [6.07, 6.45) is 19.4. The molecule has 33 heavy (non-hydrogen) atoms. The van der Waals surface area contributed by atoms with Gasteiger partial charge >= 0.3 is 5.97 Å². The number of hydrogen-bond donors (Lipinski definition) is 0.